The lowest BCUT2D eigenvalue weighted by molar-refractivity contribution is -0.123. The van der Waals surface area contributed by atoms with E-state index in [0.717, 1.165) is 6.42 Å². The van der Waals surface area contributed by atoms with E-state index in [1.807, 2.05) is 19.1 Å². The van der Waals surface area contributed by atoms with Gasteiger partial charge < -0.3 is 15.8 Å². The minimum atomic E-state index is -0.254. The Bertz CT molecular complexity index is 464. The zero-order chi connectivity index (χ0) is 14.5. The van der Waals surface area contributed by atoms with Crippen molar-refractivity contribution in [3.63, 3.8) is 0 Å². The van der Waals surface area contributed by atoms with Gasteiger partial charge in [0, 0.05) is 25.7 Å². The normalized spacial score (nSPS) is 22.4. The smallest absolute Gasteiger partial charge is 0.236 e. The summed E-state index contributed by atoms with van der Waals surface area (Å²) >= 11 is 0. The van der Waals surface area contributed by atoms with Gasteiger partial charge in [0.1, 0.15) is 0 Å². The molecule has 1 amide bonds. The average Bonchev–Trinajstić information content (AvgIpc) is 2.76. The second-order valence-corrected chi connectivity index (χ2v) is 5.20. The van der Waals surface area contributed by atoms with Crippen molar-refractivity contribution in [2.24, 2.45) is 5.73 Å². The Hall–Kier alpha value is -1.43. The van der Waals surface area contributed by atoms with Gasteiger partial charge in [-0.3, -0.25) is 10.1 Å². The van der Waals surface area contributed by atoms with Gasteiger partial charge in [0.15, 0.2) is 0 Å². The molecule has 5 nitrogen and oxygen atoms in total. The second-order valence-electron chi connectivity index (χ2n) is 5.20. The van der Waals surface area contributed by atoms with Gasteiger partial charge in [-0.15, -0.1) is 0 Å². The highest BCUT2D eigenvalue weighted by molar-refractivity contribution is 5.81. The molecule has 0 saturated carbocycles. The molecule has 5 heteroatoms. The van der Waals surface area contributed by atoms with E-state index in [4.69, 9.17) is 10.5 Å². The van der Waals surface area contributed by atoms with Crippen molar-refractivity contribution < 1.29 is 9.53 Å². The first kappa shape index (κ1) is 15.0. The number of nitrogens with one attached hydrogen (secondary N) is 2. The Kier molecular flexibility index (Phi) is 5.11. The fraction of sp³-hybridized carbons (Fsp3) is 0.533. The SMILES string of the molecule is COCCNC(=O)C(C)NC1CC(N)c2ccccc21. The maximum Gasteiger partial charge on any atom is 0.236 e. The molecular formula is C15H23N3O2. The number of ether oxygens (including phenoxy) is 1. The van der Waals surface area contributed by atoms with Gasteiger partial charge in [-0.05, 0) is 24.5 Å². The summed E-state index contributed by atoms with van der Waals surface area (Å²) in [5, 5.41) is 6.19. The molecule has 1 aliphatic carbocycles. The number of carbonyl (C=O) groups excluding carboxylic acids is 1. The fourth-order valence-electron chi connectivity index (χ4n) is 2.64. The number of methoxy groups -OCH3 is 1. The van der Waals surface area contributed by atoms with Crippen LogP contribution in [-0.4, -0.2) is 32.2 Å². The number of carbonyl (C=O) groups is 1. The zero-order valence-electron chi connectivity index (χ0n) is 12.1. The number of hydrogen-bond donors (Lipinski definition) is 3. The lowest BCUT2D eigenvalue weighted by Crippen LogP contribution is -2.44. The van der Waals surface area contributed by atoms with Gasteiger partial charge in [0.25, 0.3) is 0 Å². The van der Waals surface area contributed by atoms with E-state index in [0.29, 0.717) is 13.2 Å². The predicted octanol–water partition coefficient (Wildman–Crippen LogP) is 0.872. The summed E-state index contributed by atoms with van der Waals surface area (Å²) in [5.41, 5.74) is 8.51. The van der Waals surface area contributed by atoms with Crippen LogP contribution in [0.2, 0.25) is 0 Å². The van der Waals surface area contributed by atoms with Crippen LogP contribution in [0.5, 0.6) is 0 Å². The number of benzene rings is 1. The monoisotopic (exact) mass is 277 g/mol. The molecule has 0 saturated heterocycles. The third-order valence-electron chi connectivity index (χ3n) is 3.71. The Balaban J connectivity index is 1.92. The molecule has 1 aromatic rings. The molecule has 3 unspecified atom stereocenters. The van der Waals surface area contributed by atoms with Crippen LogP contribution in [0, 0.1) is 0 Å². The fourth-order valence-corrected chi connectivity index (χ4v) is 2.64. The molecular weight excluding hydrogens is 254 g/mol. The first-order chi connectivity index (χ1) is 9.63. The lowest BCUT2D eigenvalue weighted by atomic mass is 10.1. The maximum atomic E-state index is 11.9. The largest absolute Gasteiger partial charge is 0.383 e. The summed E-state index contributed by atoms with van der Waals surface area (Å²) in [4.78, 5) is 11.9. The minimum Gasteiger partial charge on any atom is -0.383 e. The van der Waals surface area contributed by atoms with Gasteiger partial charge in [0.2, 0.25) is 5.91 Å². The molecule has 0 spiro atoms. The van der Waals surface area contributed by atoms with E-state index >= 15 is 0 Å². The Morgan fingerprint density at radius 1 is 1.45 bits per heavy atom. The van der Waals surface area contributed by atoms with Gasteiger partial charge in [-0.25, -0.2) is 0 Å². The van der Waals surface area contributed by atoms with E-state index in [1.165, 1.54) is 11.1 Å². The van der Waals surface area contributed by atoms with E-state index in [2.05, 4.69) is 22.8 Å². The Labute approximate surface area is 119 Å². The maximum absolute atomic E-state index is 11.9. The molecule has 110 valence electrons. The molecule has 0 aromatic heterocycles. The quantitative estimate of drug-likeness (QED) is 0.674. The molecule has 0 heterocycles. The van der Waals surface area contributed by atoms with Crippen LogP contribution in [0.3, 0.4) is 0 Å². The number of fused-ring (bicyclic) bond motifs is 1. The molecule has 0 bridgehead atoms. The summed E-state index contributed by atoms with van der Waals surface area (Å²) in [5.74, 6) is -0.0139. The molecule has 3 atom stereocenters. The molecule has 1 aliphatic rings. The number of hydrogen-bond acceptors (Lipinski definition) is 4. The summed E-state index contributed by atoms with van der Waals surface area (Å²) in [6, 6.07) is 8.09. The van der Waals surface area contributed by atoms with Crippen LogP contribution in [0.25, 0.3) is 0 Å². The van der Waals surface area contributed by atoms with Crippen LogP contribution in [-0.2, 0) is 9.53 Å². The molecule has 20 heavy (non-hydrogen) atoms. The summed E-state index contributed by atoms with van der Waals surface area (Å²) in [6.45, 7) is 2.92. The molecule has 4 N–H and O–H groups in total. The van der Waals surface area contributed by atoms with Gasteiger partial charge in [-0.2, -0.15) is 0 Å². The summed E-state index contributed by atoms with van der Waals surface area (Å²) in [7, 11) is 1.62. The first-order valence-corrected chi connectivity index (χ1v) is 7.00. The molecule has 0 fully saturated rings. The predicted molar refractivity (Wildman–Crippen MR) is 78.2 cm³/mol. The summed E-state index contributed by atoms with van der Waals surface area (Å²) < 4.78 is 4.91. The van der Waals surface area contributed by atoms with Crippen molar-refractivity contribution in [2.45, 2.75) is 31.5 Å². The third-order valence-corrected chi connectivity index (χ3v) is 3.71. The van der Waals surface area contributed by atoms with Gasteiger partial charge in [-0.1, -0.05) is 24.3 Å². The number of rotatable bonds is 6. The first-order valence-electron chi connectivity index (χ1n) is 7.00. The number of amides is 1. The molecule has 2 rings (SSSR count). The van der Waals surface area contributed by atoms with Crippen LogP contribution < -0.4 is 16.4 Å². The molecule has 1 aromatic carbocycles. The third kappa shape index (κ3) is 3.36. The lowest BCUT2D eigenvalue weighted by Gasteiger charge is -2.20. The Morgan fingerprint density at radius 3 is 2.85 bits per heavy atom. The van der Waals surface area contributed by atoms with Crippen LogP contribution in [0.1, 0.15) is 36.6 Å². The highest BCUT2D eigenvalue weighted by atomic mass is 16.5. The van der Waals surface area contributed by atoms with E-state index < -0.39 is 0 Å². The van der Waals surface area contributed by atoms with Crippen molar-refractivity contribution in [1.29, 1.82) is 0 Å². The van der Waals surface area contributed by atoms with Crippen molar-refractivity contribution >= 4 is 5.91 Å². The van der Waals surface area contributed by atoms with Crippen molar-refractivity contribution in [1.82, 2.24) is 10.6 Å². The van der Waals surface area contributed by atoms with Crippen molar-refractivity contribution in [3.8, 4) is 0 Å². The van der Waals surface area contributed by atoms with Crippen LogP contribution in [0.15, 0.2) is 24.3 Å². The minimum absolute atomic E-state index is 0.0139. The zero-order valence-corrected chi connectivity index (χ0v) is 12.1. The van der Waals surface area contributed by atoms with E-state index in [-0.39, 0.29) is 24.0 Å². The van der Waals surface area contributed by atoms with Gasteiger partial charge >= 0.3 is 0 Å². The molecule has 0 aliphatic heterocycles. The number of nitrogens with two attached hydrogens (primary N) is 1. The Morgan fingerprint density at radius 2 is 2.15 bits per heavy atom. The van der Waals surface area contributed by atoms with E-state index in [1.54, 1.807) is 7.11 Å². The second kappa shape index (κ2) is 6.83. The van der Waals surface area contributed by atoms with Crippen molar-refractivity contribution in [2.75, 3.05) is 20.3 Å². The highest BCUT2D eigenvalue weighted by Gasteiger charge is 2.30. The van der Waals surface area contributed by atoms with E-state index in [9.17, 15) is 4.79 Å². The standard InChI is InChI=1S/C15H23N3O2/c1-10(15(19)17-7-8-20-2)18-14-9-13(16)11-5-3-4-6-12(11)14/h3-6,10,13-14,18H,7-9,16H2,1-2H3,(H,17,19). The topological polar surface area (TPSA) is 76.4 Å². The highest BCUT2D eigenvalue weighted by Crippen LogP contribution is 2.37. The van der Waals surface area contributed by atoms with Crippen LogP contribution >= 0.6 is 0 Å². The van der Waals surface area contributed by atoms with Crippen molar-refractivity contribution in [3.05, 3.63) is 35.4 Å². The average molecular weight is 277 g/mol. The van der Waals surface area contributed by atoms with Gasteiger partial charge in [0.05, 0.1) is 12.6 Å². The summed E-state index contributed by atoms with van der Waals surface area (Å²) in [6.07, 6.45) is 0.828. The van der Waals surface area contributed by atoms with Crippen LogP contribution in [0.4, 0.5) is 0 Å². The molecule has 0 radical (unpaired) electrons.